The average molecular weight is 937 g/mol. The van der Waals surface area contributed by atoms with Crippen molar-refractivity contribution < 1.29 is 0 Å². The van der Waals surface area contributed by atoms with Crippen LogP contribution in [0.5, 0.6) is 0 Å². The van der Waals surface area contributed by atoms with E-state index in [0.29, 0.717) is 0 Å². The minimum Gasteiger partial charge on any atom is -0.252 e. The molecule has 0 N–H and O–H groups in total. The standard InChI is InChI=1S/C72H44N2/c1-7-19-45(20-8-1)59-39-61(47-23-11-3-12-24-47)53-35-37-57-65(41-63(49-27-15-5-16-28-49)55-33-31-51(59)69(53)71(55)57)67-43-74-68(44-73-67)66-42-64(50-29-17-6-18-30-50)56-34-32-52-60(46-21-9-2-10-22-46)40-62(48-25-13-4-14-26-48)54-36-38-58(66)72(56)70(52)54/h1-44H. The molecule has 0 amide bonds. The zero-order chi connectivity index (χ0) is 48.7. The van der Waals surface area contributed by atoms with Crippen LogP contribution in [-0.2, 0) is 0 Å². The number of rotatable bonds is 8. The van der Waals surface area contributed by atoms with E-state index in [4.69, 9.17) is 9.97 Å². The highest BCUT2D eigenvalue weighted by Gasteiger charge is 2.24. The summed E-state index contributed by atoms with van der Waals surface area (Å²) in [4.78, 5) is 10.9. The molecular weight excluding hydrogens is 893 g/mol. The van der Waals surface area contributed by atoms with Crippen molar-refractivity contribution in [3.63, 3.8) is 0 Å². The molecular formula is C72H44N2. The Morgan fingerprint density at radius 2 is 0.351 bits per heavy atom. The Balaban J connectivity index is 0.981. The smallest absolute Gasteiger partial charge is 0.0892 e. The Morgan fingerprint density at radius 3 is 0.541 bits per heavy atom. The first-order chi connectivity index (χ1) is 36.7. The van der Waals surface area contributed by atoms with E-state index in [1.54, 1.807) is 0 Å². The second kappa shape index (κ2) is 16.9. The summed E-state index contributed by atoms with van der Waals surface area (Å²) in [6.07, 6.45) is 4.00. The van der Waals surface area contributed by atoms with Gasteiger partial charge in [0, 0.05) is 11.1 Å². The third-order valence-corrected chi connectivity index (χ3v) is 15.5. The number of nitrogens with zero attached hydrogens (tertiary/aromatic N) is 2. The molecule has 1 aromatic heterocycles. The van der Waals surface area contributed by atoms with E-state index in [9.17, 15) is 0 Å². The zero-order valence-corrected chi connectivity index (χ0v) is 40.3. The lowest BCUT2D eigenvalue weighted by Gasteiger charge is -2.22. The summed E-state index contributed by atoms with van der Waals surface area (Å²) in [5.41, 5.74) is 18.1. The Bertz CT molecular complexity index is 4160. The van der Waals surface area contributed by atoms with Crippen LogP contribution in [0.4, 0.5) is 0 Å². The maximum atomic E-state index is 5.43. The fourth-order valence-electron chi connectivity index (χ4n) is 12.2. The summed E-state index contributed by atoms with van der Waals surface area (Å²) in [7, 11) is 0. The van der Waals surface area contributed by atoms with E-state index in [2.05, 4.69) is 255 Å². The molecule has 0 saturated carbocycles. The van der Waals surface area contributed by atoms with Gasteiger partial charge in [0.25, 0.3) is 0 Å². The third-order valence-electron chi connectivity index (χ3n) is 15.5. The van der Waals surface area contributed by atoms with E-state index < -0.39 is 0 Å². The average Bonchev–Trinajstić information content (AvgIpc) is 3.50. The van der Waals surface area contributed by atoms with Crippen molar-refractivity contribution >= 4 is 64.6 Å². The summed E-state index contributed by atoms with van der Waals surface area (Å²) < 4.78 is 0. The lowest BCUT2D eigenvalue weighted by atomic mass is 9.82. The van der Waals surface area contributed by atoms with Crippen LogP contribution in [0, 0.1) is 0 Å². The van der Waals surface area contributed by atoms with Gasteiger partial charge >= 0.3 is 0 Å². The minimum absolute atomic E-state index is 0.830. The van der Waals surface area contributed by atoms with Gasteiger partial charge in [0.15, 0.2) is 0 Å². The summed E-state index contributed by atoms with van der Waals surface area (Å²) in [6, 6.07) is 93.0. The van der Waals surface area contributed by atoms with E-state index in [0.717, 1.165) is 44.4 Å². The highest BCUT2D eigenvalue weighted by molar-refractivity contribution is 6.33. The largest absolute Gasteiger partial charge is 0.252 e. The predicted molar refractivity (Wildman–Crippen MR) is 313 cm³/mol. The van der Waals surface area contributed by atoms with E-state index in [-0.39, 0.29) is 0 Å². The van der Waals surface area contributed by atoms with E-state index >= 15 is 0 Å². The van der Waals surface area contributed by atoms with Crippen LogP contribution >= 0.6 is 0 Å². The molecule has 0 fully saturated rings. The first kappa shape index (κ1) is 42.0. The normalized spacial score (nSPS) is 11.8. The van der Waals surface area contributed by atoms with Gasteiger partial charge in [0.1, 0.15) is 0 Å². The first-order valence-electron chi connectivity index (χ1n) is 25.5. The van der Waals surface area contributed by atoms with Crippen molar-refractivity contribution in [3.05, 3.63) is 267 Å². The molecule has 2 heteroatoms. The molecule has 0 spiro atoms. The highest BCUT2D eigenvalue weighted by atomic mass is 14.8. The second-order valence-electron chi connectivity index (χ2n) is 19.5. The van der Waals surface area contributed by atoms with E-state index in [1.165, 1.54) is 109 Å². The fraction of sp³-hybridized carbons (Fsp3) is 0. The fourth-order valence-corrected chi connectivity index (χ4v) is 12.2. The third kappa shape index (κ3) is 6.59. The number of hydrogen-bond donors (Lipinski definition) is 0. The summed E-state index contributed by atoms with van der Waals surface area (Å²) >= 11 is 0. The van der Waals surface area contributed by atoms with Gasteiger partial charge in [-0.3, -0.25) is 9.97 Å². The van der Waals surface area contributed by atoms with Gasteiger partial charge in [0.05, 0.1) is 23.8 Å². The Hall–Kier alpha value is -9.76. The van der Waals surface area contributed by atoms with E-state index in [1.807, 2.05) is 12.4 Å². The van der Waals surface area contributed by atoms with Gasteiger partial charge in [0.2, 0.25) is 0 Å². The van der Waals surface area contributed by atoms with Crippen molar-refractivity contribution in [2.45, 2.75) is 0 Å². The lowest BCUT2D eigenvalue weighted by molar-refractivity contribution is 1.22. The molecule has 0 saturated heterocycles. The molecule has 15 aromatic rings. The quantitative estimate of drug-likeness (QED) is 0.142. The summed E-state index contributed by atoms with van der Waals surface area (Å²) in [5.74, 6) is 0. The van der Waals surface area contributed by atoms with Crippen molar-refractivity contribution in [2.24, 2.45) is 0 Å². The molecule has 0 atom stereocenters. The number of hydrogen-bond acceptors (Lipinski definition) is 2. The molecule has 0 unspecified atom stereocenters. The predicted octanol–water partition coefficient (Wildman–Crippen LogP) is 19.6. The van der Waals surface area contributed by atoms with Crippen LogP contribution in [-0.4, -0.2) is 9.97 Å². The number of benzene rings is 14. The lowest BCUT2D eigenvalue weighted by Crippen LogP contribution is -1.97. The Labute approximate surface area is 428 Å². The molecule has 15 rings (SSSR count). The van der Waals surface area contributed by atoms with Gasteiger partial charge in [-0.1, -0.05) is 231 Å². The van der Waals surface area contributed by atoms with Crippen molar-refractivity contribution in [1.29, 1.82) is 0 Å². The molecule has 0 aliphatic carbocycles. The second-order valence-corrected chi connectivity index (χ2v) is 19.5. The maximum absolute atomic E-state index is 5.43. The molecule has 2 nitrogen and oxygen atoms in total. The molecule has 0 radical (unpaired) electrons. The Kier molecular flexibility index (Phi) is 9.61. The minimum atomic E-state index is 0.830. The SMILES string of the molecule is c1ccc(-c2cc(-c3ccccc3)c3ccc4c(-c5cnc(-c6cc(-c7ccccc7)c7ccc8c(-c9ccccc9)cc(-c9ccccc9)c9ccc6c7c89)cn5)cc(-c5ccccc5)c5ccc2c3c54)cc1. The number of aromatic nitrogens is 2. The van der Waals surface area contributed by atoms with Gasteiger partial charge in [-0.15, -0.1) is 0 Å². The van der Waals surface area contributed by atoms with Crippen LogP contribution in [0.15, 0.2) is 267 Å². The van der Waals surface area contributed by atoms with Crippen LogP contribution in [0.1, 0.15) is 0 Å². The van der Waals surface area contributed by atoms with Crippen molar-refractivity contribution in [1.82, 2.24) is 9.97 Å². The van der Waals surface area contributed by atoms with Crippen LogP contribution < -0.4 is 0 Å². The molecule has 0 aliphatic heterocycles. The molecule has 14 aromatic carbocycles. The zero-order valence-electron chi connectivity index (χ0n) is 40.3. The molecule has 74 heavy (non-hydrogen) atoms. The molecule has 342 valence electrons. The first-order valence-corrected chi connectivity index (χ1v) is 25.5. The van der Waals surface area contributed by atoms with Gasteiger partial charge < -0.3 is 0 Å². The summed E-state index contributed by atoms with van der Waals surface area (Å²) in [6.45, 7) is 0. The van der Waals surface area contributed by atoms with Crippen molar-refractivity contribution in [3.8, 4) is 89.3 Å². The van der Waals surface area contributed by atoms with Crippen LogP contribution in [0.2, 0.25) is 0 Å². The Morgan fingerprint density at radius 1 is 0.176 bits per heavy atom. The molecule has 1 heterocycles. The van der Waals surface area contributed by atoms with Crippen molar-refractivity contribution in [2.75, 3.05) is 0 Å². The summed E-state index contributed by atoms with van der Waals surface area (Å²) in [5, 5.41) is 14.7. The maximum Gasteiger partial charge on any atom is 0.0892 e. The molecule has 0 bridgehead atoms. The highest BCUT2D eigenvalue weighted by Crippen LogP contribution is 2.51. The molecule has 0 aliphatic rings. The topological polar surface area (TPSA) is 25.8 Å². The monoisotopic (exact) mass is 936 g/mol. The van der Waals surface area contributed by atoms with Gasteiger partial charge in [-0.2, -0.15) is 0 Å². The van der Waals surface area contributed by atoms with Gasteiger partial charge in [-0.05, 0) is 156 Å². The van der Waals surface area contributed by atoms with Gasteiger partial charge in [-0.25, -0.2) is 0 Å². The van der Waals surface area contributed by atoms with Crippen LogP contribution in [0.3, 0.4) is 0 Å². The van der Waals surface area contributed by atoms with Crippen LogP contribution in [0.25, 0.3) is 154 Å².